The van der Waals surface area contributed by atoms with E-state index < -0.39 is 0 Å². The number of nitrogens with zero attached hydrogens (tertiary/aromatic N) is 1. The maximum atomic E-state index is 5.92. The third-order valence-corrected chi connectivity index (χ3v) is 5.75. The molecule has 0 aromatic rings. The fraction of sp³-hybridized carbons (Fsp3) is 1.00. The first kappa shape index (κ1) is 15.8. The first-order valence-electron chi connectivity index (χ1n) is 9.28. The second kappa shape index (κ2) is 6.97. The quantitative estimate of drug-likeness (QED) is 0.862. The van der Waals surface area contributed by atoms with Crippen molar-refractivity contribution in [3.05, 3.63) is 0 Å². The van der Waals surface area contributed by atoms with E-state index in [1.807, 2.05) is 0 Å². The molecule has 1 spiro atoms. The number of hydrogen-bond donors (Lipinski definition) is 1. The van der Waals surface area contributed by atoms with E-state index in [4.69, 9.17) is 4.74 Å². The molecule has 1 saturated carbocycles. The smallest absolute Gasteiger partial charge is 0.0702 e. The van der Waals surface area contributed by atoms with E-state index in [1.54, 1.807) is 0 Å². The number of nitrogens with one attached hydrogen (secondary N) is 1. The zero-order valence-electron chi connectivity index (χ0n) is 14.1. The van der Waals surface area contributed by atoms with Crippen LogP contribution in [0, 0.1) is 5.92 Å². The van der Waals surface area contributed by atoms with Crippen molar-refractivity contribution in [3.8, 4) is 0 Å². The lowest BCUT2D eigenvalue weighted by Crippen LogP contribution is -2.65. The van der Waals surface area contributed by atoms with Gasteiger partial charge in [-0.15, -0.1) is 0 Å². The predicted molar refractivity (Wildman–Crippen MR) is 87.6 cm³/mol. The molecule has 0 aromatic heterocycles. The van der Waals surface area contributed by atoms with Gasteiger partial charge < -0.3 is 10.1 Å². The Balaban J connectivity index is 1.64. The molecular weight excluding hydrogens is 260 g/mol. The van der Waals surface area contributed by atoms with Crippen molar-refractivity contribution in [2.45, 2.75) is 82.9 Å². The van der Waals surface area contributed by atoms with Gasteiger partial charge in [0.15, 0.2) is 0 Å². The highest BCUT2D eigenvalue weighted by molar-refractivity contribution is 5.00. The van der Waals surface area contributed by atoms with Crippen LogP contribution in [0.2, 0.25) is 0 Å². The van der Waals surface area contributed by atoms with Crippen molar-refractivity contribution in [1.29, 1.82) is 0 Å². The maximum absolute atomic E-state index is 5.92. The maximum Gasteiger partial charge on any atom is 0.0702 e. The van der Waals surface area contributed by atoms with Crippen LogP contribution in [0.5, 0.6) is 0 Å². The minimum Gasteiger partial charge on any atom is -0.377 e. The normalized spacial score (nSPS) is 33.9. The zero-order valence-corrected chi connectivity index (χ0v) is 14.1. The van der Waals surface area contributed by atoms with Gasteiger partial charge in [-0.2, -0.15) is 0 Å². The van der Waals surface area contributed by atoms with Gasteiger partial charge in [-0.3, -0.25) is 4.90 Å². The summed E-state index contributed by atoms with van der Waals surface area (Å²) in [4.78, 5) is 2.79. The van der Waals surface area contributed by atoms with Crippen LogP contribution in [0.4, 0.5) is 0 Å². The standard InChI is InChI=1S/C18H34N2O/c1-15(2)11-16-12-19-18(8-4-3-5-9-18)14-20(16)13-17-7-6-10-21-17/h15-17,19H,3-14H2,1-2H3. The zero-order chi connectivity index (χ0) is 14.7. The van der Waals surface area contributed by atoms with E-state index in [2.05, 4.69) is 24.1 Å². The molecule has 2 atom stereocenters. The van der Waals surface area contributed by atoms with Crippen LogP contribution in [0.25, 0.3) is 0 Å². The summed E-state index contributed by atoms with van der Waals surface area (Å²) in [5.74, 6) is 0.782. The summed E-state index contributed by atoms with van der Waals surface area (Å²) in [6, 6.07) is 0.710. The van der Waals surface area contributed by atoms with Crippen LogP contribution < -0.4 is 5.32 Å². The van der Waals surface area contributed by atoms with Crippen molar-refractivity contribution < 1.29 is 4.74 Å². The van der Waals surface area contributed by atoms with Gasteiger partial charge in [0.1, 0.15) is 0 Å². The number of piperazine rings is 1. The SMILES string of the molecule is CC(C)CC1CNC2(CCCCC2)CN1CC1CCCO1. The summed E-state index contributed by atoms with van der Waals surface area (Å²) in [7, 11) is 0. The average Bonchev–Trinajstić information content (AvgIpc) is 2.96. The Hall–Kier alpha value is -0.120. The summed E-state index contributed by atoms with van der Waals surface area (Å²) >= 11 is 0. The highest BCUT2D eigenvalue weighted by Gasteiger charge is 2.40. The fourth-order valence-corrected chi connectivity index (χ4v) is 4.64. The predicted octanol–water partition coefficient (Wildman–Crippen LogP) is 3.19. The second-order valence-electron chi connectivity index (χ2n) is 8.07. The average molecular weight is 294 g/mol. The molecule has 122 valence electrons. The van der Waals surface area contributed by atoms with Crippen LogP contribution in [0.15, 0.2) is 0 Å². The van der Waals surface area contributed by atoms with Crippen LogP contribution in [-0.4, -0.2) is 48.8 Å². The van der Waals surface area contributed by atoms with Gasteiger partial charge in [0, 0.05) is 37.8 Å². The van der Waals surface area contributed by atoms with Crippen LogP contribution in [-0.2, 0) is 4.74 Å². The first-order valence-corrected chi connectivity index (χ1v) is 9.28. The van der Waals surface area contributed by atoms with Gasteiger partial charge in [0.05, 0.1) is 6.10 Å². The molecule has 3 nitrogen and oxygen atoms in total. The molecule has 0 aromatic carbocycles. The third-order valence-electron chi connectivity index (χ3n) is 5.75. The molecule has 0 radical (unpaired) electrons. The summed E-state index contributed by atoms with van der Waals surface area (Å²) in [6.45, 7) is 9.30. The number of rotatable bonds is 4. The topological polar surface area (TPSA) is 24.5 Å². The van der Waals surface area contributed by atoms with Crippen molar-refractivity contribution >= 4 is 0 Å². The minimum atomic E-state index is 0.421. The number of hydrogen-bond acceptors (Lipinski definition) is 3. The molecule has 3 rings (SSSR count). The van der Waals surface area contributed by atoms with Gasteiger partial charge in [-0.25, -0.2) is 0 Å². The molecular formula is C18H34N2O. The highest BCUT2D eigenvalue weighted by atomic mass is 16.5. The van der Waals surface area contributed by atoms with Gasteiger partial charge >= 0.3 is 0 Å². The summed E-state index contributed by atoms with van der Waals surface area (Å²) in [6.07, 6.45) is 11.4. The number of ether oxygens (including phenoxy) is 1. The Morgan fingerprint density at radius 1 is 1.19 bits per heavy atom. The minimum absolute atomic E-state index is 0.421. The Morgan fingerprint density at radius 2 is 2.00 bits per heavy atom. The molecule has 21 heavy (non-hydrogen) atoms. The molecule has 2 unspecified atom stereocenters. The molecule has 0 amide bonds. The van der Waals surface area contributed by atoms with E-state index in [-0.39, 0.29) is 0 Å². The second-order valence-corrected chi connectivity index (χ2v) is 8.07. The van der Waals surface area contributed by atoms with E-state index >= 15 is 0 Å². The van der Waals surface area contributed by atoms with Crippen LogP contribution in [0.3, 0.4) is 0 Å². The third kappa shape index (κ3) is 4.00. The van der Waals surface area contributed by atoms with Gasteiger partial charge in [0.2, 0.25) is 0 Å². The lowest BCUT2D eigenvalue weighted by Gasteiger charge is -2.50. The molecule has 3 heteroatoms. The Bertz CT molecular complexity index is 319. The van der Waals surface area contributed by atoms with E-state index in [9.17, 15) is 0 Å². The lowest BCUT2D eigenvalue weighted by atomic mass is 9.78. The van der Waals surface area contributed by atoms with Crippen molar-refractivity contribution in [2.24, 2.45) is 5.92 Å². The Labute approximate surface area is 130 Å². The van der Waals surface area contributed by atoms with Gasteiger partial charge in [0.25, 0.3) is 0 Å². The fourth-order valence-electron chi connectivity index (χ4n) is 4.64. The molecule has 0 bridgehead atoms. The summed E-state index contributed by atoms with van der Waals surface area (Å²) in [5, 5.41) is 3.96. The molecule has 2 saturated heterocycles. The highest BCUT2D eigenvalue weighted by Crippen LogP contribution is 2.33. The van der Waals surface area contributed by atoms with Crippen molar-refractivity contribution in [2.75, 3.05) is 26.2 Å². The molecule has 3 aliphatic rings. The molecule has 2 aliphatic heterocycles. The molecule has 1 N–H and O–H groups in total. The van der Waals surface area contributed by atoms with Crippen LogP contribution >= 0.6 is 0 Å². The van der Waals surface area contributed by atoms with E-state index in [0.29, 0.717) is 17.7 Å². The Morgan fingerprint density at radius 3 is 2.67 bits per heavy atom. The van der Waals surface area contributed by atoms with Gasteiger partial charge in [-0.05, 0) is 38.0 Å². The summed E-state index contributed by atoms with van der Waals surface area (Å²) in [5.41, 5.74) is 0.421. The molecule has 3 fully saturated rings. The monoisotopic (exact) mass is 294 g/mol. The Kier molecular flexibility index (Phi) is 5.23. The van der Waals surface area contributed by atoms with Gasteiger partial charge in [-0.1, -0.05) is 33.1 Å². The largest absolute Gasteiger partial charge is 0.377 e. The summed E-state index contributed by atoms with van der Waals surface area (Å²) < 4.78 is 5.92. The van der Waals surface area contributed by atoms with Crippen LogP contribution in [0.1, 0.15) is 65.2 Å². The van der Waals surface area contributed by atoms with Crippen molar-refractivity contribution in [3.63, 3.8) is 0 Å². The lowest BCUT2D eigenvalue weighted by molar-refractivity contribution is 0.00405. The van der Waals surface area contributed by atoms with E-state index in [0.717, 1.165) is 12.5 Å². The van der Waals surface area contributed by atoms with Crippen molar-refractivity contribution in [1.82, 2.24) is 10.2 Å². The molecule has 2 heterocycles. The first-order chi connectivity index (χ1) is 10.2. The molecule has 1 aliphatic carbocycles. The van der Waals surface area contributed by atoms with E-state index in [1.165, 1.54) is 71.0 Å².